The van der Waals surface area contributed by atoms with E-state index in [1.807, 2.05) is 4.90 Å². The van der Waals surface area contributed by atoms with E-state index in [2.05, 4.69) is 15.3 Å². The molecule has 0 bridgehead atoms. The molecule has 124 valence electrons. The smallest absolute Gasteiger partial charge is 0.251 e. The molecule has 0 spiro atoms. The van der Waals surface area contributed by atoms with Crippen molar-refractivity contribution in [2.75, 3.05) is 25.0 Å². The van der Waals surface area contributed by atoms with Crippen molar-refractivity contribution in [2.24, 2.45) is 0 Å². The normalized spacial score (nSPS) is 24.7. The van der Waals surface area contributed by atoms with Crippen LogP contribution in [0.25, 0.3) is 0 Å². The zero-order chi connectivity index (χ0) is 15.6. The number of aromatic nitrogens is 2. The standard InChI is InChI=1S/C17H24N4O2/c22-17(15-5-2-10-23-15)21-8-6-13-14(7-9-21)18-11-19-16(13)20-12-3-1-4-12/h11-12,15H,1-10H2,(H,18,19,20)/t15-/m1/s1. The van der Waals surface area contributed by atoms with E-state index in [0.29, 0.717) is 12.6 Å². The number of anilines is 1. The molecular weight excluding hydrogens is 292 g/mol. The fourth-order valence-corrected chi connectivity index (χ4v) is 3.59. The van der Waals surface area contributed by atoms with Gasteiger partial charge in [-0.05, 0) is 38.5 Å². The van der Waals surface area contributed by atoms with Crippen LogP contribution in [-0.2, 0) is 22.4 Å². The molecule has 1 aromatic heterocycles. The number of ether oxygens (including phenoxy) is 1. The molecule has 1 amide bonds. The summed E-state index contributed by atoms with van der Waals surface area (Å²) >= 11 is 0. The topological polar surface area (TPSA) is 67.3 Å². The van der Waals surface area contributed by atoms with Gasteiger partial charge in [-0.3, -0.25) is 4.79 Å². The van der Waals surface area contributed by atoms with Crippen LogP contribution in [0, 0.1) is 0 Å². The first-order valence-electron chi connectivity index (χ1n) is 8.81. The fourth-order valence-electron chi connectivity index (χ4n) is 3.59. The van der Waals surface area contributed by atoms with Crippen molar-refractivity contribution in [1.82, 2.24) is 14.9 Å². The number of fused-ring (bicyclic) bond motifs is 1. The van der Waals surface area contributed by atoms with Crippen molar-refractivity contribution >= 4 is 11.7 Å². The van der Waals surface area contributed by atoms with Crippen LogP contribution < -0.4 is 5.32 Å². The van der Waals surface area contributed by atoms with Crippen LogP contribution in [0.3, 0.4) is 0 Å². The maximum Gasteiger partial charge on any atom is 0.251 e. The second-order valence-corrected chi connectivity index (χ2v) is 6.75. The maximum absolute atomic E-state index is 12.6. The number of amides is 1. The van der Waals surface area contributed by atoms with Crippen LogP contribution in [-0.4, -0.2) is 52.6 Å². The van der Waals surface area contributed by atoms with Gasteiger partial charge in [0.25, 0.3) is 5.91 Å². The second-order valence-electron chi connectivity index (χ2n) is 6.75. The monoisotopic (exact) mass is 316 g/mol. The molecule has 2 fully saturated rings. The summed E-state index contributed by atoms with van der Waals surface area (Å²) in [5.74, 6) is 1.13. The number of carbonyl (C=O) groups is 1. The molecule has 0 radical (unpaired) electrons. The number of rotatable bonds is 3. The number of carbonyl (C=O) groups excluding carboxylic acids is 1. The van der Waals surface area contributed by atoms with Gasteiger partial charge in [-0.2, -0.15) is 0 Å². The predicted molar refractivity (Wildman–Crippen MR) is 86.3 cm³/mol. The minimum Gasteiger partial charge on any atom is -0.368 e. The van der Waals surface area contributed by atoms with E-state index in [1.54, 1.807) is 6.33 Å². The molecule has 1 atom stereocenters. The Balaban J connectivity index is 1.47. The van der Waals surface area contributed by atoms with Crippen molar-refractivity contribution in [1.29, 1.82) is 0 Å². The van der Waals surface area contributed by atoms with Crippen LogP contribution in [0.4, 0.5) is 5.82 Å². The van der Waals surface area contributed by atoms with Crippen molar-refractivity contribution < 1.29 is 9.53 Å². The summed E-state index contributed by atoms with van der Waals surface area (Å²) in [6, 6.07) is 0.557. The summed E-state index contributed by atoms with van der Waals surface area (Å²) in [5.41, 5.74) is 2.28. The molecule has 2 aliphatic heterocycles. The zero-order valence-electron chi connectivity index (χ0n) is 13.5. The van der Waals surface area contributed by atoms with E-state index in [4.69, 9.17) is 4.74 Å². The van der Waals surface area contributed by atoms with Crippen molar-refractivity contribution in [2.45, 2.75) is 57.1 Å². The number of nitrogens with zero attached hydrogens (tertiary/aromatic N) is 3. The largest absolute Gasteiger partial charge is 0.368 e. The average Bonchev–Trinajstić information content (AvgIpc) is 2.97. The highest BCUT2D eigenvalue weighted by Gasteiger charge is 2.30. The minimum absolute atomic E-state index is 0.150. The van der Waals surface area contributed by atoms with Crippen LogP contribution in [0.2, 0.25) is 0 Å². The molecule has 1 saturated heterocycles. The van der Waals surface area contributed by atoms with Gasteiger partial charge in [-0.25, -0.2) is 9.97 Å². The molecule has 0 unspecified atom stereocenters. The SMILES string of the molecule is O=C([C@H]1CCCO1)N1CCc2ncnc(NC3CCC3)c2CC1. The quantitative estimate of drug-likeness (QED) is 0.916. The molecule has 3 aliphatic rings. The summed E-state index contributed by atoms with van der Waals surface area (Å²) in [6.45, 7) is 2.18. The Hall–Kier alpha value is -1.69. The van der Waals surface area contributed by atoms with Gasteiger partial charge in [0.05, 0.1) is 5.69 Å². The van der Waals surface area contributed by atoms with Crippen molar-refractivity contribution in [3.8, 4) is 0 Å². The zero-order valence-corrected chi connectivity index (χ0v) is 13.5. The Bertz CT molecular complexity index is 582. The van der Waals surface area contributed by atoms with Gasteiger partial charge in [-0.15, -0.1) is 0 Å². The number of hydrogen-bond acceptors (Lipinski definition) is 5. The Kier molecular flexibility index (Phi) is 4.16. The molecule has 1 N–H and O–H groups in total. The van der Waals surface area contributed by atoms with Crippen LogP contribution in [0.1, 0.15) is 43.4 Å². The third-order valence-electron chi connectivity index (χ3n) is 5.25. The summed E-state index contributed by atoms with van der Waals surface area (Å²) in [6.07, 6.45) is 8.65. The van der Waals surface area contributed by atoms with Crippen molar-refractivity contribution in [3.63, 3.8) is 0 Å². The molecule has 0 aromatic carbocycles. The van der Waals surface area contributed by atoms with Crippen LogP contribution in [0.15, 0.2) is 6.33 Å². The molecule has 1 aliphatic carbocycles. The first-order chi connectivity index (χ1) is 11.3. The van der Waals surface area contributed by atoms with Gasteiger partial charge in [0.2, 0.25) is 0 Å². The Labute approximate surface area is 136 Å². The molecule has 4 rings (SSSR count). The van der Waals surface area contributed by atoms with E-state index < -0.39 is 0 Å². The van der Waals surface area contributed by atoms with Crippen LogP contribution in [0.5, 0.6) is 0 Å². The van der Waals surface area contributed by atoms with E-state index in [-0.39, 0.29) is 12.0 Å². The van der Waals surface area contributed by atoms with Crippen molar-refractivity contribution in [3.05, 3.63) is 17.6 Å². The van der Waals surface area contributed by atoms with E-state index >= 15 is 0 Å². The molecular formula is C17H24N4O2. The first kappa shape index (κ1) is 14.9. The van der Waals surface area contributed by atoms with E-state index in [1.165, 1.54) is 24.8 Å². The lowest BCUT2D eigenvalue weighted by atomic mass is 9.93. The number of hydrogen-bond donors (Lipinski definition) is 1. The summed E-state index contributed by atoms with van der Waals surface area (Å²) in [4.78, 5) is 23.4. The number of nitrogens with one attached hydrogen (secondary N) is 1. The van der Waals surface area contributed by atoms with Gasteiger partial charge in [0, 0.05) is 37.7 Å². The Morgan fingerprint density at radius 1 is 1.17 bits per heavy atom. The molecule has 6 nitrogen and oxygen atoms in total. The van der Waals surface area contributed by atoms with Gasteiger partial charge in [-0.1, -0.05) is 0 Å². The third kappa shape index (κ3) is 3.04. The Morgan fingerprint density at radius 2 is 2.04 bits per heavy atom. The molecule has 23 heavy (non-hydrogen) atoms. The molecule has 1 aromatic rings. The highest BCUT2D eigenvalue weighted by atomic mass is 16.5. The lowest BCUT2D eigenvalue weighted by Gasteiger charge is -2.28. The van der Waals surface area contributed by atoms with Gasteiger partial charge < -0.3 is 15.0 Å². The minimum atomic E-state index is -0.227. The predicted octanol–water partition coefficient (Wildman–Crippen LogP) is 1.55. The summed E-state index contributed by atoms with van der Waals surface area (Å²) in [7, 11) is 0. The lowest BCUT2D eigenvalue weighted by molar-refractivity contribution is -0.140. The molecule has 1 saturated carbocycles. The lowest BCUT2D eigenvalue weighted by Crippen LogP contribution is -2.40. The molecule has 6 heteroatoms. The summed E-state index contributed by atoms with van der Waals surface area (Å²) in [5, 5.41) is 3.55. The second kappa shape index (κ2) is 6.43. The van der Waals surface area contributed by atoms with Crippen LogP contribution >= 0.6 is 0 Å². The highest BCUT2D eigenvalue weighted by Crippen LogP contribution is 2.27. The fraction of sp³-hybridized carbons (Fsp3) is 0.706. The van der Waals surface area contributed by atoms with E-state index in [0.717, 1.165) is 50.3 Å². The van der Waals surface area contributed by atoms with Gasteiger partial charge in [0.1, 0.15) is 18.2 Å². The van der Waals surface area contributed by atoms with Gasteiger partial charge >= 0.3 is 0 Å². The molecule has 3 heterocycles. The van der Waals surface area contributed by atoms with E-state index in [9.17, 15) is 4.79 Å². The average molecular weight is 316 g/mol. The Morgan fingerprint density at radius 3 is 2.78 bits per heavy atom. The highest BCUT2D eigenvalue weighted by molar-refractivity contribution is 5.81. The third-order valence-corrected chi connectivity index (χ3v) is 5.25. The van der Waals surface area contributed by atoms with Gasteiger partial charge in [0.15, 0.2) is 0 Å². The maximum atomic E-state index is 12.6. The first-order valence-corrected chi connectivity index (χ1v) is 8.81. The summed E-state index contributed by atoms with van der Waals surface area (Å²) < 4.78 is 5.55.